The Bertz CT molecular complexity index is 335. The Morgan fingerprint density at radius 2 is 2.00 bits per heavy atom. The van der Waals surface area contributed by atoms with Gasteiger partial charge < -0.3 is 14.9 Å². The van der Waals surface area contributed by atoms with E-state index >= 15 is 0 Å². The van der Waals surface area contributed by atoms with Crippen molar-refractivity contribution in [2.24, 2.45) is 5.92 Å². The number of carbonyl (C=O) groups is 1. The molecule has 0 aromatic carbocycles. The number of allylic oxidation sites excluding steroid dienone is 2. The Hall–Kier alpha value is -1.13. The molecule has 19 heavy (non-hydrogen) atoms. The zero-order valence-corrected chi connectivity index (χ0v) is 11.5. The van der Waals surface area contributed by atoms with Gasteiger partial charge in [0.05, 0.1) is 0 Å². The molecule has 0 radical (unpaired) electrons. The van der Waals surface area contributed by atoms with Crippen molar-refractivity contribution in [3.8, 4) is 0 Å². The van der Waals surface area contributed by atoms with E-state index in [-0.39, 0.29) is 6.61 Å². The summed E-state index contributed by atoms with van der Waals surface area (Å²) < 4.78 is 5.89. The Morgan fingerprint density at radius 3 is 2.63 bits per heavy atom. The first-order valence-corrected chi connectivity index (χ1v) is 7.00. The minimum Gasteiger partial charge on any atom is -0.481 e. The highest BCUT2D eigenvalue weighted by atomic mass is 16.5. The number of carboxylic acids is 1. The zero-order chi connectivity index (χ0) is 14.1. The van der Waals surface area contributed by atoms with Gasteiger partial charge in [-0.15, -0.1) is 0 Å². The van der Waals surface area contributed by atoms with Gasteiger partial charge in [-0.05, 0) is 19.3 Å². The molecule has 108 valence electrons. The Morgan fingerprint density at radius 1 is 1.26 bits per heavy atom. The fourth-order valence-electron chi connectivity index (χ4n) is 2.36. The number of hydrogen-bond acceptors (Lipinski definition) is 3. The molecule has 0 heterocycles. The molecule has 2 unspecified atom stereocenters. The first-order chi connectivity index (χ1) is 9.16. The van der Waals surface area contributed by atoms with Crippen LogP contribution in [0.15, 0.2) is 24.3 Å². The van der Waals surface area contributed by atoms with Gasteiger partial charge in [0.25, 0.3) is 0 Å². The monoisotopic (exact) mass is 268 g/mol. The number of rotatable bonds is 9. The van der Waals surface area contributed by atoms with Crippen molar-refractivity contribution in [1.82, 2.24) is 0 Å². The quantitative estimate of drug-likeness (QED) is 0.631. The van der Waals surface area contributed by atoms with Crippen LogP contribution in [0.2, 0.25) is 0 Å². The Labute approximate surface area is 114 Å². The Balaban J connectivity index is 2.48. The second-order valence-corrected chi connectivity index (χ2v) is 4.85. The van der Waals surface area contributed by atoms with Gasteiger partial charge in [0.1, 0.15) is 11.5 Å². The summed E-state index contributed by atoms with van der Waals surface area (Å²) in [6, 6.07) is 0. The van der Waals surface area contributed by atoms with E-state index < -0.39 is 17.5 Å². The third-order valence-electron chi connectivity index (χ3n) is 3.56. The summed E-state index contributed by atoms with van der Waals surface area (Å²) in [5.41, 5.74) is -0.711. The highest BCUT2D eigenvalue weighted by molar-refractivity contribution is 5.75. The summed E-state index contributed by atoms with van der Waals surface area (Å²) in [6.07, 6.45) is 11.5. The number of hydrogen-bond donors (Lipinski definition) is 2. The molecule has 1 aliphatic carbocycles. The molecule has 0 aromatic heterocycles. The van der Waals surface area contributed by atoms with E-state index in [1.54, 1.807) is 12.2 Å². The first kappa shape index (κ1) is 15.9. The third kappa shape index (κ3) is 4.48. The molecule has 4 heteroatoms. The summed E-state index contributed by atoms with van der Waals surface area (Å²) in [4.78, 5) is 11.3. The summed E-state index contributed by atoms with van der Waals surface area (Å²) in [6.45, 7) is 2.74. The fourth-order valence-corrected chi connectivity index (χ4v) is 2.36. The highest BCUT2D eigenvalue weighted by Crippen LogP contribution is 2.32. The SMILES string of the molecule is CCC1(OCCCCCCO)C=CC=CC1C(=O)O. The van der Waals surface area contributed by atoms with Crippen molar-refractivity contribution in [3.63, 3.8) is 0 Å². The summed E-state index contributed by atoms with van der Waals surface area (Å²) >= 11 is 0. The standard InChI is InChI=1S/C15H24O4/c1-2-15(19-12-8-4-3-7-11-16)10-6-5-9-13(15)14(17)18/h5-6,9-10,13,16H,2-4,7-8,11-12H2,1H3,(H,17,18). The van der Waals surface area contributed by atoms with Gasteiger partial charge in [0.2, 0.25) is 0 Å². The molecule has 1 aliphatic rings. The van der Waals surface area contributed by atoms with Crippen LogP contribution in [0.5, 0.6) is 0 Å². The van der Waals surface area contributed by atoms with Crippen LogP contribution in [0.1, 0.15) is 39.0 Å². The fraction of sp³-hybridized carbons (Fsp3) is 0.667. The van der Waals surface area contributed by atoms with Crippen LogP contribution >= 0.6 is 0 Å². The van der Waals surface area contributed by atoms with E-state index in [9.17, 15) is 9.90 Å². The van der Waals surface area contributed by atoms with E-state index in [0.717, 1.165) is 25.7 Å². The van der Waals surface area contributed by atoms with Crippen molar-refractivity contribution in [3.05, 3.63) is 24.3 Å². The van der Waals surface area contributed by atoms with Crippen LogP contribution in [-0.4, -0.2) is 35.0 Å². The van der Waals surface area contributed by atoms with Crippen molar-refractivity contribution < 1.29 is 19.7 Å². The van der Waals surface area contributed by atoms with E-state index in [1.807, 2.05) is 19.1 Å². The summed E-state index contributed by atoms with van der Waals surface area (Å²) in [5, 5.41) is 18.0. The minimum absolute atomic E-state index is 0.231. The summed E-state index contributed by atoms with van der Waals surface area (Å²) in [7, 11) is 0. The average molecular weight is 268 g/mol. The number of aliphatic hydroxyl groups excluding tert-OH is 1. The molecule has 0 aromatic rings. The van der Waals surface area contributed by atoms with Gasteiger partial charge in [-0.25, -0.2) is 0 Å². The molecule has 0 fully saturated rings. The van der Waals surface area contributed by atoms with Gasteiger partial charge in [-0.3, -0.25) is 4.79 Å². The maximum absolute atomic E-state index is 11.3. The molecular formula is C15H24O4. The first-order valence-electron chi connectivity index (χ1n) is 7.00. The molecular weight excluding hydrogens is 244 g/mol. The molecule has 0 saturated carbocycles. The Kier molecular flexibility index (Phi) is 6.81. The van der Waals surface area contributed by atoms with Crippen LogP contribution in [-0.2, 0) is 9.53 Å². The van der Waals surface area contributed by atoms with Crippen LogP contribution in [0.3, 0.4) is 0 Å². The maximum Gasteiger partial charge on any atom is 0.313 e. The molecule has 0 saturated heterocycles. The topological polar surface area (TPSA) is 66.8 Å². The third-order valence-corrected chi connectivity index (χ3v) is 3.56. The van der Waals surface area contributed by atoms with Crippen LogP contribution in [0.4, 0.5) is 0 Å². The molecule has 2 N–H and O–H groups in total. The molecule has 4 nitrogen and oxygen atoms in total. The second-order valence-electron chi connectivity index (χ2n) is 4.85. The molecule has 0 spiro atoms. The normalized spacial score (nSPS) is 25.7. The number of carboxylic acid groups (broad SMARTS) is 1. The number of aliphatic hydroxyl groups is 1. The van der Waals surface area contributed by atoms with E-state index in [4.69, 9.17) is 9.84 Å². The minimum atomic E-state index is -0.845. The van der Waals surface area contributed by atoms with Gasteiger partial charge in [-0.1, -0.05) is 44.1 Å². The molecule has 1 rings (SSSR count). The van der Waals surface area contributed by atoms with Crippen molar-refractivity contribution in [1.29, 1.82) is 0 Å². The van der Waals surface area contributed by atoms with Crippen LogP contribution < -0.4 is 0 Å². The van der Waals surface area contributed by atoms with E-state index in [1.165, 1.54) is 0 Å². The number of aliphatic carboxylic acids is 1. The van der Waals surface area contributed by atoms with Gasteiger partial charge >= 0.3 is 5.97 Å². The lowest BCUT2D eigenvalue weighted by molar-refractivity contribution is -0.150. The lowest BCUT2D eigenvalue weighted by Crippen LogP contribution is -2.43. The number of unbranched alkanes of at least 4 members (excludes halogenated alkanes) is 3. The zero-order valence-electron chi connectivity index (χ0n) is 11.5. The van der Waals surface area contributed by atoms with Crippen molar-refractivity contribution in [2.45, 2.75) is 44.6 Å². The molecule has 0 aliphatic heterocycles. The maximum atomic E-state index is 11.3. The van der Waals surface area contributed by atoms with E-state index in [0.29, 0.717) is 13.0 Å². The summed E-state index contributed by atoms with van der Waals surface area (Å²) in [5.74, 6) is -1.46. The molecule has 0 bridgehead atoms. The predicted molar refractivity (Wildman–Crippen MR) is 73.9 cm³/mol. The van der Waals surface area contributed by atoms with Gasteiger partial charge in [0.15, 0.2) is 0 Å². The molecule has 2 atom stereocenters. The lowest BCUT2D eigenvalue weighted by Gasteiger charge is -2.35. The van der Waals surface area contributed by atoms with Gasteiger partial charge in [0, 0.05) is 13.2 Å². The van der Waals surface area contributed by atoms with Crippen LogP contribution in [0.25, 0.3) is 0 Å². The largest absolute Gasteiger partial charge is 0.481 e. The van der Waals surface area contributed by atoms with E-state index in [2.05, 4.69) is 0 Å². The average Bonchev–Trinajstić information content (AvgIpc) is 2.42. The predicted octanol–water partition coefficient (Wildman–Crippen LogP) is 2.53. The van der Waals surface area contributed by atoms with Crippen molar-refractivity contribution in [2.75, 3.05) is 13.2 Å². The second kappa shape index (κ2) is 8.12. The smallest absolute Gasteiger partial charge is 0.313 e. The number of ether oxygens (including phenoxy) is 1. The molecule has 0 amide bonds. The van der Waals surface area contributed by atoms with Crippen molar-refractivity contribution >= 4 is 5.97 Å². The lowest BCUT2D eigenvalue weighted by atomic mass is 9.81. The van der Waals surface area contributed by atoms with Gasteiger partial charge in [-0.2, -0.15) is 0 Å². The van der Waals surface area contributed by atoms with Crippen LogP contribution in [0, 0.1) is 5.92 Å². The highest BCUT2D eigenvalue weighted by Gasteiger charge is 2.40.